The van der Waals surface area contributed by atoms with Gasteiger partial charge in [-0.25, -0.2) is 4.79 Å². The lowest BCUT2D eigenvalue weighted by atomic mass is 9.88. The number of benzene rings is 1. The molecule has 1 heterocycles. The van der Waals surface area contributed by atoms with E-state index in [0.717, 1.165) is 37.7 Å². The third-order valence-electron chi connectivity index (χ3n) is 5.62. The predicted octanol–water partition coefficient (Wildman–Crippen LogP) is 4.23. The summed E-state index contributed by atoms with van der Waals surface area (Å²) in [5.41, 5.74) is 1.07. The molecule has 7 heteroatoms. The molecule has 2 atom stereocenters. The van der Waals surface area contributed by atoms with Crippen molar-refractivity contribution in [2.24, 2.45) is 5.92 Å². The highest BCUT2D eigenvalue weighted by atomic mass is 16.5. The van der Waals surface area contributed by atoms with E-state index in [1.807, 2.05) is 13.0 Å². The van der Waals surface area contributed by atoms with E-state index in [4.69, 9.17) is 14.2 Å². The first-order chi connectivity index (χ1) is 14.5. The quantitative estimate of drug-likeness (QED) is 0.513. The first kappa shape index (κ1) is 22.0. The zero-order valence-corrected chi connectivity index (χ0v) is 17.9. The Morgan fingerprint density at radius 3 is 2.57 bits per heavy atom. The van der Waals surface area contributed by atoms with Crippen LogP contribution in [0.15, 0.2) is 30.5 Å². The Balaban J connectivity index is 1.83. The Morgan fingerprint density at radius 1 is 1.17 bits per heavy atom. The summed E-state index contributed by atoms with van der Waals surface area (Å²) in [5, 5.41) is 5.48. The fourth-order valence-electron chi connectivity index (χ4n) is 4.05. The van der Waals surface area contributed by atoms with Crippen molar-refractivity contribution in [2.75, 3.05) is 13.7 Å². The van der Waals surface area contributed by atoms with Crippen LogP contribution < -0.4 is 20.1 Å². The minimum Gasteiger partial charge on any atom is -0.493 e. The lowest BCUT2D eigenvalue weighted by molar-refractivity contribution is -0.154. The van der Waals surface area contributed by atoms with Crippen molar-refractivity contribution < 1.29 is 23.8 Å². The molecule has 0 radical (unpaired) electrons. The molecule has 2 fully saturated rings. The summed E-state index contributed by atoms with van der Waals surface area (Å²) < 4.78 is 17.0. The van der Waals surface area contributed by atoms with Gasteiger partial charge >= 0.3 is 12.0 Å². The number of hydrogen-bond acceptors (Lipinski definition) is 5. The molecule has 30 heavy (non-hydrogen) atoms. The molecule has 2 aliphatic rings. The number of urea groups is 1. The minimum atomic E-state index is -0.724. The number of nitrogens with one attached hydrogen (secondary N) is 2. The molecule has 164 valence electrons. The first-order valence-corrected chi connectivity index (χ1v) is 10.8. The van der Waals surface area contributed by atoms with Gasteiger partial charge in [-0.15, -0.1) is 0 Å². The summed E-state index contributed by atoms with van der Waals surface area (Å²) in [5.74, 6) is 0.0859. The van der Waals surface area contributed by atoms with E-state index in [1.54, 1.807) is 19.2 Å². The molecule has 1 aromatic carbocycles. The molecule has 1 aliphatic heterocycles. The van der Waals surface area contributed by atoms with Gasteiger partial charge < -0.3 is 24.8 Å². The summed E-state index contributed by atoms with van der Waals surface area (Å²) >= 11 is 0. The Morgan fingerprint density at radius 2 is 1.90 bits per heavy atom. The number of rotatable bonds is 7. The number of hydrogen-bond donors (Lipinski definition) is 2. The van der Waals surface area contributed by atoms with Gasteiger partial charge in [0.2, 0.25) is 0 Å². The van der Waals surface area contributed by atoms with Crippen LogP contribution in [-0.4, -0.2) is 31.8 Å². The second-order valence-corrected chi connectivity index (χ2v) is 7.89. The Labute approximate surface area is 178 Å². The smallest absolute Gasteiger partial charge is 0.319 e. The van der Waals surface area contributed by atoms with Crippen molar-refractivity contribution >= 4 is 12.0 Å². The van der Waals surface area contributed by atoms with Crippen LogP contribution in [0.5, 0.6) is 11.5 Å². The van der Waals surface area contributed by atoms with Crippen LogP contribution in [0.2, 0.25) is 0 Å². The van der Waals surface area contributed by atoms with Crippen LogP contribution in [0.3, 0.4) is 0 Å². The molecule has 1 saturated heterocycles. The Kier molecular flexibility index (Phi) is 7.60. The van der Waals surface area contributed by atoms with Gasteiger partial charge in [0, 0.05) is 5.70 Å². The molecule has 0 aromatic heterocycles. The molecule has 2 N–H and O–H groups in total. The standard InChI is InChI=1S/C23H32N2O5/c1-4-13-29-18-12-11-16(14-19(18)28-3)21-20(15(2)24-23(27)25-21)22(26)30-17-9-7-5-6-8-10-17/h11-12,14,17,20-21H,2,4-10,13H2,1,3H3,(H2,24,25,27)/t20-,21+/m0/s1. The zero-order valence-electron chi connectivity index (χ0n) is 17.9. The van der Waals surface area contributed by atoms with Crippen molar-refractivity contribution in [2.45, 2.75) is 64.0 Å². The first-order valence-electron chi connectivity index (χ1n) is 10.8. The van der Waals surface area contributed by atoms with Gasteiger partial charge in [0.1, 0.15) is 12.0 Å². The summed E-state index contributed by atoms with van der Waals surface area (Å²) in [6.45, 7) is 6.53. The molecule has 1 aliphatic carbocycles. The topological polar surface area (TPSA) is 85.9 Å². The highest BCUT2D eigenvalue weighted by Crippen LogP contribution is 2.36. The van der Waals surface area contributed by atoms with Gasteiger partial charge in [-0.05, 0) is 49.8 Å². The SMILES string of the molecule is C=C1NC(=O)N[C@H](c2ccc(OCCC)c(OC)c2)[C@H]1C(=O)OC1CCCCCC1. The van der Waals surface area contributed by atoms with Gasteiger partial charge in [-0.1, -0.05) is 32.4 Å². The van der Waals surface area contributed by atoms with Crippen LogP contribution in [0.4, 0.5) is 4.79 Å². The number of esters is 1. The monoisotopic (exact) mass is 416 g/mol. The van der Waals surface area contributed by atoms with E-state index in [1.165, 1.54) is 12.8 Å². The fourth-order valence-corrected chi connectivity index (χ4v) is 4.05. The second-order valence-electron chi connectivity index (χ2n) is 7.89. The van der Waals surface area contributed by atoms with Gasteiger partial charge in [0.05, 0.1) is 19.8 Å². The maximum absolute atomic E-state index is 13.1. The minimum absolute atomic E-state index is 0.0783. The van der Waals surface area contributed by atoms with Gasteiger partial charge in [0.25, 0.3) is 0 Å². The molecular formula is C23H32N2O5. The van der Waals surface area contributed by atoms with Crippen molar-refractivity contribution in [3.8, 4) is 11.5 Å². The summed E-state index contributed by atoms with van der Waals surface area (Å²) in [7, 11) is 1.57. The molecule has 0 unspecified atom stereocenters. The average Bonchev–Trinajstić information content (AvgIpc) is 3.00. The maximum atomic E-state index is 13.1. The molecule has 1 aromatic rings. The van der Waals surface area contributed by atoms with Gasteiger partial charge in [-0.3, -0.25) is 4.79 Å². The van der Waals surface area contributed by atoms with E-state index in [9.17, 15) is 9.59 Å². The summed E-state index contributed by atoms with van der Waals surface area (Å²) in [6, 6.07) is 4.44. The van der Waals surface area contributed by atoms with Crippen molar-refractivity contribution in [3.05, 3.63) is 36.0 Å². The number of amides is 2. The largest absolute Gasteiger partial charge is 0.493 e. The molecule has 0 bridgehead atoms. The van der Waals surface area contributed by atoms with E-state index in [-0.39, 0.29) is 12.1 Å². The van der Waals surface area contributed by atoms with E-state index >= 15 is 0 Å². The molecular weight excluding hydrogens is 384 g/mol. The third kappa shape index (κ3) is 5.26. The lowest BCUT2D eigenvalue weighted by Gasteiger charge is -2.34. The second kappa shape index (κ2) is 10.4. The van der Waals surface area contributed by atoms with Crippen LogP contribution >= 0.6 is 0 Å². The summed E-state index contributed by atoms with van der Waals surface area (Å²) in [6.07, 6.45) is 7.05. The van der Waals surface area contributed by atoms with Crippen LogP contribution in [0.25, 0.3) is 0 Å². The van der Waals surface area contributed by atoms with Crippen LogP contribution in [0.1, 0.15) is 63.5 Å². The van der Waals surface area contributed by atoms with Crippen LogP contribution in [-0.2, 0) is 9.53 Å². The van der Waals surface area contributed by atoms with Gasteiger partial charge in [-0.2, -0.15) is 0 Å². The van der Waals surface area contributed by atoms with E-state index < -0.39 is 18.0 Å². The van der Waals surface area contributed by atoms with E-state index in [0.29, 0.717) is 23.8 Å². The molecule has 7 nitrogen and oxygen atoms in total. The predicted molar refractivity (Wildman–Crippen MR) is 113 cm³/mol. The average molecular weight is 417 g/mol. The number of methoxy groups -OCH3 is 1. The molecule has 0 spiro atoms. The Bertz CT molecular complexity index is 771. The Hall–Kier alpha value is -2.70. The van der Waals surface area contributed by atoms with Crippen molar-refractivity contribution in [1.29, 1.82) is 0 Å². The van der Waals surface area contributed by atoms with Crippen LogP contribution in [0, 0.1) is 5.92 Å². The fraction of sp³-hybridized carbons (Fsp3) is 0.565. The van der Waals surface area contributed by atoms with E-state index in [2.05, 4.69) is 17.2 Å². The molecule has 1 saturated carbocycles. The normalized spacial score (nSPS) is 22.5. The molecule has 2 amide bonds. The maximum Gasteiger partial charge on any atom is 0.319 e. The highest BCUT2D eigenvalue weighted by Gasteiger charge is 2.40. The number of carbonyl (C=O) groups is 2. The lowest BCUT2D eigenvalue weighted by Crippen LogP contribution is -2.51. The third-order valence-corrected chi connectivity index (χ3v) is 5.62. The summed E-state index contributed by atoms with van der Waals surface area (Å²) in [4.78, 5) is 25.2. The van der Waals surface area contributed by atoms with Gasteiger partial charge in [0.15, 0.2) is 11.5 Å². The zero-order chi connectivity index (χ0) is 21.5. The van der Waals surface area contributed by atoms with Crippen molar-refractivity contribution in [3.63, 3.8) is 0 Å². The number of carbonyl (C=O) groups excluding carboxylic acids is 2. The molecule has 3 rings (SSSR count). The number of ether oxygens (including phenoxy) is 3. The highest BCUT2D eigenvalue weighted by molar-refractivity contribution is 5.85. The van der Waals surface area contributed by atoms with Crippen molar-refractivity contribution in [1.82, 2.24) is 10.6 Å².